The van der Waals surface area contributed by atoms with Crippen LogP contribution in [0.3, 0.4) is 0 Å². The van der Waals surface area contributed by atoms with Crippen LogP contribution in [0.4, 0.5) is 11.4 Å². The average Bonchev–Trinajstić information content (AvgIpc) is 4.15. The predicted molar refractivity (Wildman–Crippen MR) is 288 cm³/mol. The van der Waals surface area contributed by atoms with Gasteiger partial charge in [-0.05, 0) is 176 Å². The molecule has 3 aliphatic heterocycles. The molecule has 6 N–H and O–H groups in total. The number of anilines is 2. The molecule has 0 radical (unpaired) electrons. The molecule has 7 aliphatic rings. The molecule has 8 atom stereocenters. The topological polar surface area (TPSA) is 188 Å². The van der Waals surface area contributed by atoms with Gasteiger partial charge in [0.2, 0.25) is 35.4 Å². The van der Waals surface area contributed by atoms with Gasteiger partial charge in [0, 0.05) is 50.6 Å². The summed E-state index contributed by atoms with van der Waals surface area (Å²) in [5.74, 6) is -0.690. The van der Waals surface area contributed by atoms with E-state index in [4.69, 9.17) is 0 Å². The Balaban J connectivity index is 0.822. The first-order valence-electron chi connectivity index (χ1n) is 28.8. The van der Waals surface area contributed by atoms with Crippen LogP contribution in [0.25, 0.3) is 0 Å². The summed E-state index contributed by atoms with van der Waals surface area (Å²) in [4.78, 5) is 92.0. The minimum absolute atomic E-state index is 0.0683. The molecule has 0 spiro atoms. The van der Waals surface area contributed by atoms with Gasteiger partial charge >= 0.3 is 0 Å². The van der Waals surface area contributed by atoms with Crippen LogP contribution in [0.5, 0.6) is 0 Å². The lowest BCUT2D eigenvalue weighted by Gasteiger charge is -2.39. The lowest BCUT2D eigenvalue weighted by Crippen LogP contribution is -2.58. The highest BCUT2D eigenvalue weighted by molar-refractivity contribution is 5.95. The first-order chi connectivity index (χ1) is 35.9. The zero-order chi connectivity index (χ0) is 51.9. The predicted octanol–water partition coefficient (Wildman–Crippen LogP) is 5.33. The Kier molecular flexibility index (Phi) is 17.8. The molecule has 4 aliphatic carbocycles. The summed E-state index contributed by atoms with van der Waals surface area (Å²) >= 11 is 0. The number of likely N-dealkylation sites (tertiary alicyclic amines) is 2. The quantitative estimate of drug-likeness (QED) is 0.128. The van der Waals surface area contributed by atoms with E-state index in [0.717, 1.165) is 164 Å². The van der Waals surface area contributed by atoms with Gasteiger partial charge in [-0.3, -0.25) is 28.8 Å². The summed E-state index contributed by atoms with van der Waals surface area (Å²) in [5, 5.41) is 19.0. The number of piperazine rings is 1. The number of carbonyl (C=O) groups is 6. The maximum absolute atomic E-state index is 14.4. The van der Waals surface area contributed by atoms with E-state index in [1.807, 2.05) is 0 Å². The zero-order valence-electron chi connectivity index (χ0n) is 44.9. The zero-order valence-corrected chi connectivity index (χ0v) is 44.9. The fraction of sp³-hybridized carbons (Fsp3) is 0.690. The van der Waals surface area contributed by atoms with Gasteiger partial charge in [-0.2, -0.15) is 0 Å². The molecular formula is C58H86N10O6. The Morgan fingerprint density at radius 1 is 0.473 bits per heavy atom. The van der Waals surface area contributed by atoms with Crippen molar-refractivity contribution in [1.29, 1.82) is 0 Å². The van der Waals surface area contributed by atoms with Crippen LogP contribution in [0, 0.1) is 11.8 Å². The molecular weight excluding hydrogens is 933 g/mol. The summed E-state index contributed by atoms with van der Waals surface area (Å²) in [5.41, 5.74) is 7.15. The number of benzene rings is 2. The number of nitrogens with zero attached hydrogens (tertiary/aromatic N) is 4. The second kappa shape index (κ2) is 24.6. The Bertz CT molecular complexity index is 2170. The summed E-state index contributed by atoms with van der Waals surface area (Å²) in [6.07, 6.45) is 18.4. The van der Waals surface area contributed by atoms with Crippen LogP contribution in [0.2, 0.25) is 0 Å². The fourth-order valence-electron chi connectivity index (χ4n) is 13.5. The Labute approximate surface area is 440 Å². The second-order valence-corrected chi connectivity index (χ2v) is 22.8. The molecule has 9 rings (SSSR count). The molecule has 74 heavy (non-hydrogen) atoms. The lowest BCUT2D eigenvalue weighted by atomic mass is 9.83. The third-order valence-electron chi connectivity index (χ3n) is 18.2. The van der Waals surface area contributed by atoms with Crippen molar-refractivity contribution in [2.45, 2.75) is 191 Å². The van der Waals surface area contributed by atoms with Gasteiger partial charge in [0.05, 0.1) is 24.2 Å². The van der Waals surface area contributed by atoms with Gasteiger partial charge in [-0.1, -0.05) is 50.7 Å². The van der Waals surface area contributed by atoms with Crippen molar-refractivity contribution in [2.24, 2.45) is 11.8 Å². The Morgan fingerprint density at radius 3 is 1.24 bits per heavy atom. The maximum atomic E-state index is 14.4. The molecule has 0 bridgehead atoms. The standard InChI is InChI=1S/C58H86N10O6/c1-37(59-3)53(69)63-51(41-15-7-5-8-16-41)57(73)67-29-13-23-49(67)55(71)61-47-21-11-19-39-25-27-43(35-45(39)47)65-31-33-66(34-32-65)44-28-26-40-20-12-22-48(46(40)36-44)62-56(72)50-24-14-30-68(50)58(74)52(42-17-9-6-10-18-42)64-54(70)38(2)60-4/h25-28,35-38,41-42,47-52,59-60H,5-24,29-34H2,1-4H3,(H,61,71)(H,62,72)(H,63,69)(H,64,70)/t37-,38-,47+,48+,49-,50?,51-,52-/m0/s1. The summed E-state index contributed by atoms with van der Waals surface area (Å²) in [7, 11) is 3.49. The van der Waals surface area contributed by atoms with Crippen LogP contribution in [-0.4, -0.2) is 135 Å². The van der Waals surface area contributed by atoms with Crippen LogP contribution in [0.15, 0.2) is 36.4 Å². The molecule has 16 heteroatoms. The van der Waals surface area contributed by atoms with E-state index < -0.39 is 36.3 Å². The molecule has 3 saturated heterocycles. The number of amides is 6. The van der Waals surface area contributed by atoms with E-state index in [-0.39, 0.29) is 59.4 Å². The molecule has 3 heterocycles. The third-order valence-corrected chi connectivity index (χ3v) is 18.2. The minimum atomic E-state index is -0.629. The highest BCUT2D eigenvalue weighted by atomic mass is 16.2. The molecule has 0 aromatic heterocycles. The molecule has 6 amide bonds. The summed E-state index contributed by atoms with van der Waals surface area (Å²) < 4.78 is 0. The molecule has 2 aromatic carbocycles. The summed E-state index contributed by atoms with van der Waals surface area (Å²) in [6.45, 7) is 7.97. The van der Waals surface area contributed by atoms with Gasteiger partial charge < -0.3 is 51.5 Å². The van der Waals surface area contributed by atoms with Gasteiger partial charge in [0.1, 0.15) is 24.2 Å². The van der Waals surface area contributed by atoms with Crippen molar-refractivity contribution in [3.05, 3.63) is 58.7 Å². The normalized spacial score (nSPS) is 25.2. The number of nitrogens with one attached hydrogen (secondary N) is 6. The van der Waals surface area contributed by atoms with Gasteiger partial charge in [-0.25, -0.2) is 0 Å². The first kappa shape index (κ1) is 53.6. The molecule has 1 unspecified atom stereocenters. The van der Waals surface area contributed by atoms with Crippen LogP contribution < -0.4 is 41.7 Å². The maximum Gasteiger partial charge on any atom is 0.246 e. The Hall–Kier alpha value is -5.22. The number of likely N-dealkylation sites (N-methyl/N-ethyl adjacent to an activating group) is 2. The SMILES string of the molecule is CN[C@@H](C)C(=O)N[C@H](C(=O)N1CCCC1C(=O)N[C@@H]1CCCc2ccc(N3CCN(c4ccc5c(c4)[C@H](NC(=O)[C@@H]4CCCN4C(=O)[C@@H](NC(=O)[C@H](C)NC)C4CCCCC4)CCC5)CC3)cc21)C1CCCCC1. The largest absolute Gasteiger partial charge is 0.368 e. The number of hydrogen-bond donors (Lipinski definition) is 6. The van der Waals surface area contributed by atoms with Crippen LogP contribution in [-0.2, 0) is 41.6 Å². The highest BCUT2D eigenvalue weighted by Crippen LogP contribution is 2.38. The highest BCUT2D eigenvalue weighted by Gasteiger charge is 2.44. The monoisotopic (exact) mass is 1020 g/mol. The molecule has 5 fully saturated rings. The molecule has 16 nitrogen and oxygen atoms in total. The van der Waals surface area contributed by atoms with Crippen LogP contribution >= 0.6 is 0 Å². The molecule has 2 saturated carbocycles. The van der Waals surface area contributed by atoms with E-state index in [2.05, 4.69) is 78.1 Å². The van der Waals surface area contributed by atoms with Crippen molar-refractivity contribution in [3.8, 4) is 0 Å². The third kappa shape index (κ3) is 12.1. The number of hydrogen-bond acceptors (Lipinski definition) is 10. The minimum Gasteiger partial charge on any atom is -0.368 e. The van der Waals surface area contributed by atoms with Crippen molar-refractivity contribution < 1.29 is 28.8 Å². The van der Waals surface area contributed by atoms with Gasteiger partial charge in [0.25, 0.3) is 0 Å². The van der Waals surface area contributed by atoms with Crippen LogP contribution in [0.1, 0.15) is 164 Å². The molecule has 404 valence electrons. The Morgan fingerprint density at radius 2 is 0.865 bits per heavy atom. The van der Waals surface area contributed by atoms with Crippen molar-refractivity contribution in [3.63, 3.8) is 0 Å². The number of aryl methyl sites for hydroxylation is 2. The fourth-order valence-corrected chi connectivity index (χ4v) is 13.5. The second-order valence-electron chi connectivity index (χ2n) is 22.8. The van der Waals surface area contributed by atoms with E-state index in [1.54, 1.807) is 37.7 Å². The van der Waals surface area contributed by atoms with E-state index >= 15 is 0 Å². The molecule has 2 aromatic rings. The van der Waals surface area contributed by atoms with Gasteiger partial charge in [-0.15, -0.1) is 0 Å². The lowest BCUT2D eigenvalue weighted by molar-refractivity contribution is -0.143. The van der Waals surface area contributed by atoms with Crippen molar-refractivity contribution in [2.75, 3.05) is 63.2 Å². The van der Waals surface area contributed by atoms with E-state index in [9.17, 15) is 28.8 Å². The first-order valence-corrected chi connectivity index (χ1v) is 28.8. The van der Waals surface area contributed by atoms with E-state index in [0.29, 0.717) is 25.9 Å². The number of fused-ring (bicyclic) bond motifs is 2. The number of rotatable bonds is 16. The number of carbonyl (C=O) groups excluding carboxylic acids is 6. The van der Waals surface area contributed by atoms with E-state index in [1.165, 1.54) is 11.1 Å². The van der Waals surface area contributed by atoms with Crippen molar-refractivity contribution in [1.82, 2.24) is 41.7 Å². The average molecular weight is 1020 g/mol. The smallest absolute Gasteiger partial charge is 0.246 e. The summed E-state index contributed by atoms with van der Waals surface area (Å²) in [6, 6.07) is 9.99. The van der Waals surface area contributed by atoms with Gasteiger partial charge in [0.15, 0.2) is 0 Å². The van der Waals surface area contributed by atoms with Crippen molar-refractivity contribution >= 4 is 46.8 Å².